The van der Waals surface area contributed by atoms with Crippen molar-refractivity contribution >= 4 is 15.9 Å². The second-order valence-corrected chi connectivity index (χ2v) is 4.98. The molecular weight excluding hydrogens is 275 g/mol. The van der Waals surface area contributed by atoms with E-state index < -0.39 is 5.95 Å². The number of hydrogen-bond acceptors (Lipinski definition) is 4. The third-order valence-corrected chi connectivity index (χ3v) is 3.09. The summed E-state index contributed by atoms with van der Waals surface area (Å²) < 4.78 is 12.7. The van der Waals surface area contributed by atoms with Gasteiger partial charge in [0.25, 0.3) is 0 Å². The Morgan fingerprint density at radius 2 is 2.12 bits per heavy atom. The summed E-state index contributed by atoms with van der Waals surface area (Å²) in [6.07, 6.45) is 2.16. The van der Waals surface area contributed by atoms with Crippen LogP contribution in [0, 0.1) is 5.92 Å². The van der Waals surface area contributed by atoms with Gasteiger partial charge in [0.2, 0.25) is 0 Å². The molecule has 0 aliphatic heterocycles. The van der Waals surface area contributed by atoms with Crippen molar-refractivity contribution in [3.63, 3.8) is 0 Å². The smallest absolute Gasteiger partial charge is 0.180 e. The maximum absolute atomic E-state index is 12.7. The minimum atomic E-state index is -0.668. The molecule has 0 heterocycles. The second-order valence-electron chi connectivity index (χ2n) is 3.88. The fourth-order valence-corrected chi connectivity index (χ4v) is 1.93. The Balaban J connectivity index is 4.66. The first kappa shape index (κ1) is 15.8. The number of rotatable bonds is 7. The summed E-state index contributed by atoms with van der Waals surface area (Å²) in [5, 5.41) is 3.22. The van der Waals surface area contributed by atoms with Gasteiger partial charge in [0.05, 0.1) is 4.95 Å². The van der Waals surface area contributed by atoms with Gasteiger partial charge in [-0.3, -0.25) is 5.32 Å². The highest BCUT2D eigenvalue weighted by Gasteiger charge is 2.23. The van der Waals surface area contributed by atoms with Gasteiger partial charge < -0.3 is 17.2 Å². The molecule has 0 bridgehead atoms. The van der Waals surface area contributed by atoms with E-state index in [9.17, 15) is 4.39 Å². The number of nitrogens with two attached hydrogens (primary N) is 3. The van der Waals surface area contributed by atoms with Gasteiger partial charge in [-0.25, -0.2) is 0 Å². The molecule has 0 aliphatic rings. The molecule has 0 saturated heterocycles. The van der Waals surface area contributed by atoms with Gasteiger partial charge in [0.1, 0.15) is 0 Å². The van der Waals surface area contributed by atoms with Gasteiger partial charge >= 0.3 is 0 Å². The Morgan fingerprint density at radius 3 is 2.44 bits per heavy atom. The van der Waals surface area contributed by atoms with Crippen molar-refractivity contribution in [1.29, 1.82) is 0 Å². The predicted molar refractivity (Wildman–Crippen MR) is 69.5 cm³/mol. The zero-order valence-electron chi connectivity index (χ0n) is 9.79. The molecule has 0 rings (SSSR count). The number of hydrogen-bond donors (Lipinski definition) is 4. The summed E-state index contributed by atoms with van der Waals surface area (Å²) in [7, 11) is 0. The van der Waals surface area contributed by atoms with Crippen LogP contribution in [0.2, 0.25) is 0 Å². The van der Waals surface area contributed by atoms with Gasteiger partial charge in [-0.05, 0) is 25.3 Å². The number of nitrogens with one attached hydrogen (secondary N) is 1. The molecule has 96 valence electrons. The summed E-state index contributed by atoms with van der Waals surface area (Å²) in [6.45, 7) is 4.28. The quantitative estimate of drug-likeness (QED) is 0.413. The average Bonchev–Trinajstić information content (AvgIpc) is 2.21. The fourth-order valence-electron chi connectivity index (χ4n) is 1.62. The lowest BCUT2D eigenvalue weighted by Crippen LogP contribution is -2.51. The van der Waals surface area contributed by atoms with E-state index in [0.29, 0.717) is 6.54 Å². The average molecular weight is 297 g/mol. The van der Waals surface area contributed by atoms with Crippen LogP contribution in [0.3, 0.4) is 0 Å². The van der Waals surface area contributed by atoms with E-state index >= 15 is 0 Å². The van der Waals surface area contributed by atoms with Crippen LogP contribution in [0.15, 0.2) is 12.0 Å². The Kier molecular flexibility index (Phi) is 7.91. The molecule has 0 spiro atoms. The zero-order valence-corrected chi connectivity index (χ0v) is 11.4. The molecule has 0 fully saturated rings. The van der Waals surface area contributed by atoms with E-state index in [1.807, 2.05) is 13.8 Å². The molecule has 4 unspecified atom stereocenters. The van der Waals surface area contributed by atoms with E-state index in [0.717, 1.165) is 6.42 Å². The van der Waals surface area contributed by atoms with Gasteiger partial charge in [0, 0.05) is 18.6 Å². The Morgan fingerprint density at radius 1 is 1.56 bits per heavy atom. The second kappa shape index (κ2) is 8.00. The first-order chi connectivity index (χ1) is 7.42. The SMILES string of the molecule is CCC(/C=C(\N)F)C(NC(Br)CN)C(C)N. The maximum Gasteiger partial charge on any atom is 0.180 e. The molecule has 16 heavy (non-hydrogen) atoms. The first-order valence-electron chi connectivity index (χ1n) is 5.40. The highest BCUT2D eigenvalue weighted by Crippen LogP contribution is 2.16. The van der Waals surface area contributed by atoms with E-state index in [4.69, 9.17) is 17.2 Å². The molecule has 0 aromatic carbocycles. The molecule has 0 amide bonds. The van der Waals surface area contributed by atoms with Crippen LogP contribution in [0.1, 0.15) is 20.3 Å². The van der Waals surface area contributed by atoms with Crippen LogP contribution in [0.25, 0.3) is 0 Å². The molecule has 0 saturated carbocycles. The van der Waals surface area contributed by atoms with Crippen molar-refractivity contribution in [2.24, 2.45) is 23.1 Å². The van der Waals surface area contributed by atoms with Crippen LogP contribution in [0.4, 0.5) is 4.39 Å². The fraction of sp³-hybridized carbons (Fsp3) is 0.800. The third-order valence-electron chi connectivity index (χ3n) is 2.45. The van der Waals surface area contributed by atoms with Gasteiger partial charge in [-0.2, -0.15) is 4.39 Å². The zero-order chi connectivity index (χ0) is 12.7. The van der Waals surface area contributed by atoms with E-state index in [-0.39, 0.29) is 23.0 Å². The van der Waals surface area contributed by atoms with Crippen molar-refractivity contribution in [3.05, 3.63) is 12.0 Å². The van der Waals surface area contributed by atoms with Crippen molar-refractivity contribution in [3.8, 4) is 0 Å². The lowest BCUT2D eigenvalue weighted by molar-refractivity contribution is 0.345. The maximum atomic E-state index is 12.7. The van der Waals surface area contributed by atoms with E-state index in [2.05, 4.69) is 21.2 Å². The van der Waals surface area contributed by atoms with Gasteiger partial charge in [-0.15, -0.1) is 0 Å². The minimum Gasteiger partial charge on any atom is -0.376 e. The predicted octanol–water partition coefficient (Wildman–Crippen LogP) is 0.767. The normalized spacial score (nSPS) is 20.2. The summed E-state index contributed by atoms with van der Waals surface area (Å²) in [5.41, 5.74) is 16.4. The van der Waals surface area contributed by atoms with Crippen LogP contribution in [-0.4, -0.2) is 23.6 Å². The number of alkyl halides is 1. The monoisotopic (exact) mass is 296 g/mol. The topological polar surface area (TPSA) is 90.1 Å². The van der Waals surface area contributed by atoms with Crippen LogP contribution < -0.4 is 22.5 Å². The summed E-state index contributed by atoms with van der Waals surface area (Å²) in [6, 6.07) is -0.181. The summed E-state index contributed by atoms with van der Waals surface area (Å²) >= 11 is 3.37. The van der Waals surface area contributed by atoms with Crippen molar-refractivity contribution in [2.75, 3.05) is 6.54 Å². The third kappa shape index (κ3) is 5.79. The molecule has 7 N–H and O–H groups in total. The highest BCUT2D eigenvalue weighted by molar-refractivity contribution is 9.09. The van der Waals surface area contributed by atoms with E-state index in [1.54, 1.807) is 0 Å². The Bertz CT molecular complexity index is 219. The lowest BCUT2D eigenvalue weighted by atomic mass is 9.92. The molecule has 0 aromatic rings. The van der Waals surface area contributed by atoms with Crippen molar-refractivity contribution in [2.45, 2.75) is 37.3 Å². The highest BCUT2D eigenvalue weighted by atomic mass is 79.9. The first-order valence-corrected chi connectivity index (χ1v) is 6.32. The van der Waals surface area contributed by atoms with Crippen molar-refractivity contribution in [1.82, 2.24) is 5.32 Å². The van der Waals surface area contributed by atoms with E-state index in [1.165, 1.54) is 6.08 Å². The largest absolute Gasteiger partial charge is 0.376 e. The molecule has 4 nitrogen and oxygen atoms in total. The molecule has 4 atom stereocenters. The molecular formula is C10H22BrFN4. The molecule has 6 heteroatoms. The van der Waals surface area contributed by atoms with Crippen LogP contribution >= 0.6 is 15.9 Å². The molecule has 0 aromatic heterocycles. The van der Waals surface area contributed by atoms with Gasteiger partial charge in [-0.1, -0.05) is 22.9 Å². The Hall–Kier alpha value is -0.170. The van der Waals surface area contributed by atoms with Crippen LogP contribution in [-0.2, 0) is 0 Å². The lowest BCUT2D eigenvalue weighted by Gasteiger charge is -2.30. The standard InChI is InChI=1S/C10H22BrFN4/c1-3-7(4-9(12)15)10(6(2)14)16-8(11)5-13/h4,6-8,10,16H,3,5,13-15H2,1-2H3/b9-4-. The minimum absolute atomic E-state index is 0.0354. The molecule has 0 radical (unpaired) electrons. The summed E-state index contributed by atoms with van der Waals surface area (Å²) in [5.74, 6) is -0.713. The molecule has 0 aliphatic carbocycles. The summed E-state index contributed by atoms with van der Waals surface area (Å²) in [4.78, 5) is -0.0354. The Labute approximate surface area is 105 Å². The van der Waals surface area contributed by atoms with Gasteiger partial charge in [0.15, 0.2) is 5.95 Å². The van der Waals surface area contributed by atoms with Crippen LogP contribution in [0.5, 0.6) is 0 Å². The number of halogens is 2. The van der Waals surface area contributed by atoms with Crippen molar-refractivity contribution < 1.29 is 4.39 Å².